The van der Waals surface area contributed by atoms with Crippen molar-refractivity contribution in [2.45, 2.75) is 13.3 Å². The number of hydrogen-bond acceptors (Lipinski definition) is 1. The van der Waals surface area contributed by atoms with E-state index < -0.39 is 0 Å². The van der Waals surface area contributed by atoms with Crippen LogP contribution in [-0.4, -0.2) is 32.3 Å². The van der Waals surface area contributed by atoms with Crippen molar-refractivity contribution < 1.29 is 13.2 Å². The first-order chi connectivity index (χ1) is 14.3. The molecule has 3 aromatic carbocycles. The summed E-state index contributed by atoms with van der Waals surface area (Å²) in [5.74, 6) is -0.925. The summed E-state index contributed by atoms with van der Waals surface area (Å²) in [7, 11) is 4.03. The van der Waals surface area contributed by atoms with Gasteiger partial charge in [-0.05, 0) is 69.4 Å². The van der Waals surface area contributed by atoms with Crippen molar-refractivity contribution in [1.29, 1.82) is 0 Å². The van der Waals surface area contributed by atoms with Crippen molar-refractivity contribution in [2.75, 3.05) is 20.6 Å². The van der Waals surface area contributed by atoms with Gasteiger partial charge >= 0.3 is 0 Å². The van der Waals surface area contributed by atoms with Crippen LogP contribution in [0.25, 0.3) is 5.47 Å². The molecule has 0 aliphatic rings. The molecule has 0 aromatic heterocycles. The van der Waals surface area contributed by atoms with Gasteiger partial charge in [-0.1, -0.05) is 58.4 Å². The molecule has 0 heterocycles. The summed E-state index contributed by atoms with van der Waals surface area (Å²) in [6, 6.07) is 19.2. The van der Waals surface area contributed by atoms with E-state index in [2.05, 4.69) is 11.8 Å². The van der Waals surface area contributed by atoms with Crippen molar-refractivity contribution in [3.8, 4) is 0 Å². The second-order valence-corrected chi connectivity index (χ2v) is 7.79. The van der Waals surface area contributed by atoms with Crippen LogP contribution in [-0.2, 0) is 0 Å². The molecule has 3 rings (SSSR count). The highest BCUT2D eigenvalue weighted by molar-refractivity contribution is 6.99. The van der Waals surface area contributed by atoms with Crippen molar-refractivity contribution in [3.63, 3.8) is 0 Å². The number of hydrogen-bond donors (Lipinski definition) is 0. The second-order valence-electron chi connectivity index (χ2n) is 7.79. The fourth-order valence-electron chi connectivity index (χ4n) is 3.65. The minimum Gasteiger partial charge on any atom is -0.309 e. The average Bonchev–Trinajstić information content (AvgIpc) is 2.73. The van der Waals surface area contributed by atoms with Crippen molar-refractivity contribution >= 4 is 23.1 Å². The van der Waals surface area contributed by atoms with Crippen molar-refractivity contribution in [3.05, 3.63) is 101 Å². The molecular formula is C25H25BF3N. The Hall–Kier alpha value is -2.79. The number of nitrogens with zero attached hydrogens (tertiary/aromatic N) is 1. The van der Waals surface area contributed by atoms with Crippen LogP contribution in [0, 0.1) is 17.5 Å². The highest BCUT2D eigenvalue weighted by atomic mass is 19.1. The van der Waals surface area contributed by atoms with Gasteiger partial charge in [0.2, 0.25) is 6.71 Å². The molecule has 30 heavy (non-hydrogen) atoms. The molecule has 0 amide bonds. The van der Waals surface area contributed by atoms with Gasteiger partial charge in [-0.25, -0.2) is 13.2 Å². The lowest BCUT2D eigenvalue weighted by molar-refractivity contribution is 0.413. The zero-order valence-electron chi connectivity index (χ0n) is 17.5. The van der Waals surface area contributed by atoms with E-state index in [1.165, 1.54) is 36.4 Å². The van der Waals surface area contributed by atoms with Gasteiger partial charge in [-0.2, -0.15) is 0 Å². The van der Waals surface area contributed by atoms with Crippen LogP contribution in [0.5, 0.6) is 0 Å². The van der Waals surface area contributed by atoms with Crippen molar-refractivity contribution in [1.82, 2.24) is 4.90 Å². The van der Waals surface area contributed by atoms with Crippen LogP contribution in [0.15, 0.2) is 78.4 Å². The summed E-state index contributed by atoms with van der Waals surface area (Å²) in [6.07, 6.45) is 0.818. The molecule has 0 radical (unpaired) electrons. The van der Waals surface area contributed by atoms with Gasteiger partial charge in [-0.15, -0.1) is 0 Å². The van der Waals surface area contributed by atoms with E-state index in [-0.39, 0.29) is 24.2 Å². The Bertz CT molecular complexity index is 949. The molecule has 0 saturated heterocycles. The number of benzene rings is 3. The Morgan fingerprint density at radius 3 is 1.50 bits per heavy atom. The first-order valence-electron chi connectivity index (χ1n) is 9.96. The molecule has 0 N–H and O–H groups in total. The van der Waals surface area contributed by atoms with Crippen LogP contribution in [0.1, 0.15) is 18.9 Å². The lowest BCUT2D eigenvalue weighted by Gasteiger charge is -2.23. The summed E-state index contributed by atoms with van der Waals surface area (Å²) in [4.78, 5) is 2.11. The zero-order valence-corrected chi connectivity index (χ0v) is 17.5. The maximum atomic E-state index is 13.6. The predicted octanol–water partition coefficient (Wildman–Crippen LogP) is 4.68. The quantitative estimate of drug-likeness (QED) is 0.515. The predicted molar refractivity (Wildman–Crippen MR) is 120 cm³/mol. The zero-order chi connectivity index (χ0) is 21.7. The Kier molecular flexibility index (Phi) is 7.17. The van der Waals surface area contributed by atoms with Gasteiger partial charge in [0.15, 0.2) is 0 Å². The van der Waals surface area contributed by atoms with Gasteiger partial charge in [0.1, 0.15) is 17.5 Å². The third-order valence-corrected chi connectivity index (χ3v) is 5.24. The fourth-order valence-corrected chi connectivity index (χ4v) is 3.65. The van der Waals surface area contributed by atoms with Crippen LogP contribution in [0.4, 0.5) is 13.2 Å². The molecule has 0 unspecified atom stereocenters. The maximum Gasteiger partial charge on any atom is 0.241 e. The van der Waals surface area contributed by atoms with Crippen LogP contribution >= 0.6 is 0 Å². The molecular weight excluding hydrogens is 382 g/mol. The van der Waals surface area contributed by atoms with Crippen LogP contribution in [0.2, 0.25) is 0 Å². The SMILES string of the molecule is C/C(CCN(C)C)=C(/B(c1ccc(F)cc1)c1ccc(F)cc1)c1ccc(F)cc1. The first kappa shape index (κ1) is 21.9. The molecule has 0 saturated carbocycles. The van der Waals surface area contributed by atoms with Crippen LogP contribution in [0.3, 0.4) is 0 Å². The topological polar surface area (TPSA) is 3.24 Å². The fraction of sp³-hybridized carbons (Fsp3) is 0.200. The van der Waals surface area contributed by atoms with Crippen molar-refractivity contribution in [2.24, 2.45) is 0 Å². The number of halogens is 3. The molecule has 0 atom stereocenters. The Morgan fingerprint density at radius 1 is 0.700 bits per heavy atom. The third kappa shape index (κ3) is 5.42. The number of rotatable bonds is 7. The van der Waals surface area contributed by atoms with Gasteiger partial charge < -0.3 is 4.90 Å². The maximum absolute atomic E-state index is 13.6. The largest absolute Gasteiger partial charge is 0.309 e. The van der Waals surface area contributed by atoms with E-state index >= 15 is 0 Å². The first-order valence-corrected chi connectivity index (χ1v) is 9.96. The van der Waals surface area contributed by atoms with E-state index in [4.69, 9.17) is 0 Å². The van der Waals surface area contributed by atoms with Crippen LogP contribution < -0.4 is 10.9 Å². The van der Waals surface area contributed by atoms with Gasteiger partial charge in [-0.3, -0.25) is 0 Å². The summed E-state index contributed by atoms with van der Waals surface area (Å²) in [6.45, 7) is 2.69. The molecule has 3 aromatic rings. The average molecular weight is 407 g/mol. The Morgan fingerprint density at radius 2 is 1.10 bits per heavy atom. The molecule has 0 aliphatic carbocycles. The van der Waals surface area contributed by atoms with E-state index in [9.17, 15) is 13.2 Å². The summed E-state index contributed by atoms with van der Waals surface area (Å²) in [5, 5.41) is 0. The third-order valence-electron chi connectivity index (χ3n) is 5.24. The summed E-state index contributed by atoms with van der Waals surface area (Å²) in [5.41, 5.74) is 4.86. The second kappa shape index (κ2) is 9.81. The minimum absolute atomic E-state index is 0.237. The molecule has 1 nitrogen and oxygen atoms in total. The molecule has 154 valence electrons. The highest BCUT2D eigenvalue weighted by Gasteiger charge is 2.27. The lowest BCUT2D eigenvalue weighted by atomic mass is 9.34. The van der Waals surface area contributed by atoms with E-state index in [1.807, 2.05) is 14.1 Å². The molecule has 0 fully saturated rings. The van der Waals surface area contributed by atoms with Gasteiger partial charge in [0.05, 0.1) is 0 Å². The summed E-state index contributed by atoms with van der Waals surface area (Å²) >= 11 is 0. The van der Waals surface area contributed by atoms with E-state index in [0.717, 1.165) is 40.5 Å². The van der Waals surface area contributed by atoms with E-state index in [0.29, 0.717) is 0 Å². The summed E-state index contributed by atoms with van der Waals surface area (Å²) < 4.78 is 40.9. The van der Waals surface area contributed by atoms with E-state index in [1.54, 1.807) is 36.4 Å². The highest BCUT2D eigenvalue weighted by Crippen LogP contribution is 2.25. The lowest BCUT2D eigenvalue weighted by Crippen LogP contribution is -2.44. The molecule has 0 bridgehead atoms. The molecule has 5 heteroatoms. The normalized spacial score (nSPS) is 12.1. The Balaban J connectivity index is 2.21. The minimum atomic E-state index is -0.312. The van der Waals surface area contributed by atoms with Gasteiger partial charge in [0, 0.05) is 6.54 Å². The van der Waals surface area contributed by atoms with Gasteiger partial charge in [0.25, 0.3) is 0 Å². The molecule has 0 aliphatic heterocycles. The standard InChI is InChI=1S/C25H25BF3N/c1-18(16-17-30(2)3)25(19-4-10-22(27)11-5-19)26(20-6-12-23(28)13-7-20)21-8-14-24(29)15-9-21/h4-15H,16-17H2,1-3H3/b25-18-. The molecule has 0 spiro atoms. The smallest absolute Gasteiger partial charge is 0.241 e. The Labute approximate surface area is 176 Å². The monoisotopic (exact) mass is 407 g/mol.